The first-order valence-electron chi connectivity index (χ1n) is 12.3. The summed E-state index contributed by atoms with van der Waals surface area (Å²) in [4.78, 5) is 53.6. The summed E-state index contributed by atoms with van der Waals surface area (Å²) in [5.74, 6) is -1.67. The molecule has 0 aliphatic rings. The van der Waals surface area contributed by atoms with Gasteiger partial charge in [0.25, 0.3) is 11.8 Å². The van der Waals surface area contributed by atoms with Gasteiger partial charge in [0, 0.05) is 34.7 Å². The lowest BCUT2D eigenvalue weighted by Gasteiger charge is -2.23. The number of aliphatic hydroxyl groups excluding tert-OH is 1. The van der Waals surface area contributed by atoms with Crippen LogP contribution in [0.5, 0.6) is 0 Å². The summed E-state index contributed by atoms with van der Waals surface area (Å²) in [6.45, 7) is 9.81. The lowest BCUT2D eigenvalue weighted by atomic mass is 9.98. The highest BCUT2D eigenvalue weighted by atomic mass is 32.1. The molecule has 0 aliphatic heterocycles. The van der Waals surface area contributed by atoms with Gasteiger partial charge < -0.3 is 26.4 Å². The van der Waals surface area contributed by atoms with Crippen molar-refractivity contribution in [3.05, 3.63) is 51.5 Å². The monoisotopic (exact) mass is 531 g/mol. The van der Waals surface area contributed by atoms with E-state index in [0.717, 1.165) is 10.7 Å². The van der Waals surface area contributed by atoms with Gasteiger partial charge in [-0.15, -0.1) is 11.3 Å². The van der Waals surface area contributed by atoms with Crippen LogP contribution in [0.2, 0.25) is 0 Å². The normalized spacial score (nSPS) is 13.4. The van der Waals surface area contributed by atoms with Gasteiger partial charge in [0.05, 0.1) is 25.2 Å². The molecule has 0 aliphatic carbocycles. The molecule has 3 unspecified atom stereocenters. The van der Waals surface area contributed by atoms with Crippen LogP contribution in [0.1, 0.15) is 65.5 Å². The summed E-state index contributed by atoms with van der Waals surface area (Å²) in [6.07, 6.45) is -0.896. The molecule has 0 saturated heterocycles. The number of rotatable bonds is 13. The van der Waals surface area contributed by atoms with Gasteiger partial charge in [-0.3, -0.25) is 19.2 Å². The van der Waals surface area contributed by atoms with Crippen LogP contribution in [-0.2, 0) is 16.1 Å². The topological polar surface area (TPSA) is 150 Å². The van der Waals surface area contributed by atoms with E-state index in [4.69, 9.17) is 0 Å². The molecule has 10 nitrogen and oxygen atoms in total. The van der Waals surface area contributed by atoms with Crippen LogP contribution in [0.25, 0.3) is 0 Å². The fourth-order valence-corrected chi connectivity index (χ4v) is 4.04. The van der Waals surface area contributed by atoms with Crippen LogP contribution in [0.3, 0.4) is 0 Å². The van der Waals surface area contributed by atoms with Crippen LogP contribution in [0.4, 0.5) is 0 Å². The molecule has 3 atom stereocenters. The quantitative estimate of drug-likeness (QED) is 0.266. The lowest BCUT2D eigenvalue weighted by Crippen LogP contribution is -2.44. The van der Waals surface area contributed by atoms with Crippen molar-refractivity contribution in [2.45, 2.75) is 59.7 Å². The van der Waals surface area contributed by atoms with Crippen LogP contribution in [0, 0.1) is 18.8 Å². The molecule has 0 fully saturated rings. The second kappa shape index (κ2) is 14.4. The lowest BCUT2D eigenvalue weighted by molar-refractivity contribution is -0.129. The van der Waals surface area contributed by atoms with Gasteiger partial charge >= 0.3 is 0 Å². The van der Waals surface area contributed by atoms with E-state index in [1.54, 1.807) is 32.0 Å². The van der Waals surface area contributed by atoms with Crippen LogP contribution >= 0.6 is 11.3 Å². The Balaban J connectivity index is 1.83. The molecule has 0 radical (unpaired) electrons. The number of aliphatic hydroxyl groups is 1. The number of benzene rings is 1. The Bertz CT molecular complexity index is 1090. The Labute approximate surface area is 221 Å². The minimum Gasteiger partial charge on any atom is -0.391 e. The maximum atomic E-state index is 12.7. The second-order valence-corrected chi connectivity index (χ2v) is 10.5. The zero-order valence-electron chi connectivity index (χ0n) is 22.0. The fourth-order valence-electron chi connectivity index (χ4n) is 3.33. The highest BCUT2D eigenvalue weighted by Crippen LogP contribution is 2.12. The molecule has 2 rings (SSSR count). The smallest absolute Gasteiger partial charge is 0.251 e. The van der Waals surface area contributed by atoms with Crippen molar-refractivity contribution in [2.24, 2.45) is 11.8 Å². The van der Waals surface area contributed by atoms with Gasteiger partial charge in [0.2, 0.25) is 11.8 Å². The first kappa shape index (κ1) is 29.9. The van der Waals surface area contributed by atoms with Gasteiger partial charge in [0.15, 0.2) is 0 Å². The fraction of sp³-hybridized carbons (Fsp3) is 0.500. The molecule has 1 aromatic carbocycles. The number of nitrogens with zero attached hydrogens (tertiary/aromatic N) is 1. The number of hydrogen-bond donors (Lipinski definition) is 5. The molecular formula is C26H37N5O5S. The number of amides is 4. The number of carbonyl (C=O) groups is 4. The molecule has 2 aromatic rings. The van der Waals surface area contributed by atoms with Crippen molar-refractivity contribution in [3.63, 3.8) is 0 Å². The van der Waals surface area contributed by atoms with E-state index in [9.17, 15) is 24.3 Å². The zero-order chi connectivity index (χ0) is 27.5. The number of nitrogens with one attached hydrogen (secondary N) is 4. The molecule has 0 bridgehead atoms. The summed E-state index contributed by atoms with van der Waals surface area (Å²) in [7, 11) is 0. The van der Waals surface area contributed by atoms with E-state index in [2.05, 4.69) is 26.3 Å². The first-order chi connectivity index (χ1) is 17.5. The number of thiazole rings is 1. The Morgan fingerprint density at radius 1 is 1.00 bits per heavy atom. The molecule has 4 amide bonds. The van der Waals surface area contributed by atoms with Crippen LogP contribution < -0.4 is 21.3 Å². The van der Waals surface area contributed by atoms with E-state index >= 15 is 0 Å². The molecule has 1 aromatic heterocycles. The maximum Gasteiger partial charge on any atom is 0.251 e. The van der Waals surface area contributed by atoms with Crippen molar-refractivity contribution in [1.82, 2.24) is 26.3 Å². The molecule has 37 heavy (non-hydrogen) atoms. The second-order valence-electron chi connectivity index (χ2n) is 9.53. The van der Waals surface area contributed by atoms with E-state index in [1.165, 1.54) is 17.4 Å². The van der Waals surface area contributed by atoms with Gasteiger partial charge in [-0.1, -0.05) is 26.8 Å². The number of carbonyl (C=O) groups excluding carboxylic acids is 4. The molecule has 11 heteroatoms. The van der Waals surface area contributed by atoms with Crippen LogP contribution in [-0.4, -0.2) is 59.0 Å². The summed E-state index contributed by atoms with van der Waals surface area (Å²) < 4.78 is 0. The van der Waals surface area contributed by atoms with Crippen LogP contribution in [0.15, 0.2) is 29.6 Å². The number of aryl methyl sites for hydroxylation is 1. The standard InChI is InChI=1S/C26H37N5O5S/c1-15(2)11-27-22(33)12-28-24(34)16(3)9-21(32)18(5)31-26(36)20-8-6-7-19(10-20)25(35)29-13-23-30-17(4)14-37-23/h6-8,10,14-16,18,21,32H,9,11-13H2,1-5H3,(H,27,33)(H,28,34)(H,29,35)(H,31,36). The van der Waals surface area contributed by atoms with Crippen molar-refractivity contribution < 1.29 is 24.3 Å². The summed E-state index contributed by atoms with van der Waals surface area (Å²) in [6, 6.07) is 5.64. The first-order valence-corrected chi connectivity index (χ1v) is 13.2. The number of aromatic nitrogens is 1. The van der Waals surface area contributed by atoms with Crippen molar-refractivity contribution in [3.8, 4) is 0 Å². The minimum atomic E-state index is -0.993. The summed E-state index contributed by atoms with van der Waals surface area (Å²) in [5, 5.41) is 24.0. The molecule has 202 valence electrons. The zero-order valence-corrected chi connectivity index (χ0v) is 22.8. The molecular weight excluding hydrogens is 494 g/mol. The average molecular weight is 532 g/mol. The Kier molecular flexibility index (Phi) is 11.7. The highest BCUT2D eigenvalue weighted by Gasteiger charge is 2.24. The van der Waals surface area contributed by atoms with E-state index in [1.807, 2.05) is 26.2 Å². The average Bonchev–Trinajstić information content (AvgIpc) is 3.29. The van der Waals surface area contributed by atoms with Gasteiger partial charge in [0.1, 0.15) is 5.01 Å². The predicted molar refractivity (Wildman–Crippen MR) is 142 cm³/mol. The number of hydrogen-bond acceptors (Lipinski definition) is 7. The third kappa shape index (κ3) is 10.3. The van der Waals surface area contributed by atoms with Crippen molar-refractivity contribution >= 4 is 35.0 Å². The minimum absolute atomic E-state index is 0.0968. The van der Waals surface area contributed by atoms with E-state index < -0.39 is 24.0 Å². The SMILES string of the molecule is Cc1csc(CNC(=O)c2cccc(C(=O)NC(C)C(O)CC(C)C(=O)NCC(=O)NCC(C)C)c2)n1. The van der Waals surface area contributed by atoms with Crippen molar-refractivity contribution in [1.29, 1.82) is 0 Å². The molecule has 5 N–H and O–H groups in total. The van der Waals surface area contributed by atoms with Crippen molar-refractivity contribution in [2.75, 3.05) is 13.1 Å². The Morgan fingerprint density at radius 3 is 2.30 bits per heavy atom. The molecule has 1 heterocycles. The third-order valence-corrected chi connectivity index (χ3v) is 6.53. The maximum absolute atomic E-state index is 12.7. The highest BCUT2D eigenvalue weighted by molar-refractivity contribution is 7.09. The summed E-state index contributed by atoms with van der Waals surface area (Å²) >= 11 is 1.46. The Morgan fingerprint density at radius 2 is 1.68 bits per heavy atom. The predicted octanol–water partition coefficient (Wildman–Crippen LogP) is 1.78. The third-order valence-electron chi connectivity index (χ3n) is 5.56. The molecule has 0 spiro atoms. The Hall–Kier alpha value is -3.31. The molecule has 0 saturated carbocycles. The summed E-state index contributed by atoms with van der Waals surface area (Å²) in [5.41, 5.74) is 1.50. The van der Waals surface area contributed by atoms with E-state index in [0.29, 0.717) is 24.6 Å². The van der Waals surface area contributed by atoms with E-state index in [-0.39, 0.29) is 36.3 Å². The van der Waals surface area contributed by atoms with Gasteiger partial charge in [-0.25, -0.2) is 4.98 Å². The van der Waals surface area contributed by atoms with Gasteiger partial charge in [-0.2, -0.15) is 0 Å². The largest absolute Gasteiger partial charge is 0.391 e. The van der Waals surface area contributed by atoms with Gasteiger partial charge in [-0.05, 0) is 44.4 Å².